The van der Waals surface area contributed by atoms with Crippen molar-refractivity contribution in [1.82, 2.24) is 0 Å². The molecule has 1 heterocycles. The molecule has 0 bridgehead atoms. The first kappa shape index (κ1) is 14.2. The van der Waals surface area contributed by atoms with E-state index in [0.717, 1.165) is 22.7 Å². The summed E-state index contributed by atoms with van der Waals surface area (Å²) in [6, 6.07) is 13.1. The summed E-state index contributed by atoms with van der Waals surface area (Å²) in [6.07, 6.45) is 3.15. The van der Waals surface area contributed by atoms with Gasteiger partial charge in [0.2, 0.25) is 0 Å². The lowest BCUT2D eigenvalue weighted by atomic mass is 10.1. The molecule has 112 valence electrons. The Bertz CT molecular complexity index is 722. The molecule has 0 saturated heterocycles. The summed E-state index contributed by atoms with van der Waals surface area (Å²) in [5.74, 6) is 1.43. The van der Waals surface area contributed by atoms with Crippen LogP contribution in [-0.4, -0.2) is 19.0 Å². The first-order chi connectivity index (χ1) is 10.7. The quantitative estimate of drug-likeness (QED) is 0.692. The highest BCUT2D eigenvalue weighted by molar-refractivity contribution is 6.04. The number of fused-ring (bicyclic) bond motifs is 1. The molecule has 22 heavy (non-hydrogen) atoms. The van der Waals surface area contributed by atoms with Gasteiger partial charge in [0.15, 0.2) is 17.3 Å². The maximum atomic E-state index is 12.0. The van der Waals surface area contributed by atoms with E-state index in [-0.39, 0.29) is 5.78 Å². The van der Waals surface area contributed by atoms with Gasteiger partial charge in [-0.1, -0.05) is 23.8 Å². The van der Waals surface area contributed by atoms with Crippen LogP contribution in [0, 0.1) is 6.92 Å². The first-order valence-electron chi connectivity index (χ1n) is 7.16. The Hall–Kier alpha value is -2.75. The van der Waals surface area contributed by atoms with Crippen molar-refractivity contribution in [2.45, 2.75) is 6.92 Å². The van der Waals surface area contributed by atoms with Crippen LogP contribution in [0.5, 0.6) is 11.5 Å². The van der Waals surface area contributed by atoms with Gasteiger partial charge in [-0.05, 0) is 25.1 Å². The van der Waals surface area contributed by atoms with Crippen LogP contribution in [0.3, 0.4) is 0 Å². The van der Waals surface area contributed by atoms with Gasteiger partial charge < -0.3 is 14.8 Å². The number of ketones is 1. The molecule has 1 aliphatic heterocycles. The van der Waals surface area contributed by atoms with E-state index in [9.17, 15) is 4.79 Å². The highest BCUT2D eigenvalue weighted by Crippen LogP contribution is 2.32. The molecule has 1 N–H and O–H groups in total. The molecule has 1 aliphatic rings. The van der Waals surface area contributed by atoms with E-state index in [0.29, 0.717) is 18.8 Å². The van der Waals surface area contributed by atoms with Crippen molar-refractivity contribution >= 4 is 11.5 Å². The monoisotopic (exact) mass is 295 g/mol. The minimum absolute atomic E-state index is 0.0336. The third kappa shape index (κ3) is 3.28. The molecule has 0 aromatic heterocycles. The SMILES string of the molecule is Cc1cccc(C(=O)/C=C/Nc2ccc3c(c2)OCCO3)c1. The fraction of sp³-hybridized carbons (Fsp3) is 0.167. The van der Waals surface area contributed by atoms with Crippen molar-refractivity contribution in [2.75, 3.05) is 18.5 Å². The molecule has 0 atom stereocenters. The van der Waals surface area contributed by atoms with Gasteiger partial charge >= 0.3 is 0 Å². The van der Waals surface area contributed by atoms with Gasteiger partial charge in [0.05, 0.1) is 0 Å². The molecule has 0 unspecified atom stereocenters. The average molecular weight is 295 g/mol. The molecular formula is C18H17NO3. The Balaban J connectivity index is 1.65. The van der Waals surface area contributed by atoms with Crippen LogP contribution in [0.15, 0.2) is 54.7 Å². The van der Waals surface area contributed by atoms with E-state index >= 15 is 0 Å². The lowest BCUT2D eigenvalue weighted by Crippen LogP contribution is -2.15. The highest BCUT2D eigenvalue weighted by Gasteiger charge is 2.11. The number of nitrogens with one attached hydrogen (secondary N) is 1. The van der Waals surface area contributed by atoms with Crippen molar-refractivity contribution in [3.05, 3.63) is 65.9 Å². The topological polar surface area (TPSA) is 47.6 Å². The zero-order valence-corrected chi connectivity index (χ0v) is 12.3. The first-order valence-corrected chi connectivity index (χ1v) is 7.16. The van der Waals surface area contributed by atoms with E-state index < -0.39 is 0 Å². The summed E-state index contributed by atoms with van der Waals surface area (Å²) in [5.41, 5.74) is 2.59. The van der Waals surface area contributed by atoms with Crippen molar-refractivity contribution < 1.29 is 14.3 Å². The van der Waals surface area contributed by atoms with Gasteiger partial charge in [-0.2, -0.15) is 0 Å². The van der Waals surface area contributed by atoms with Crippen LogP contribution < -0.4 is 14.8 Å². The Kier molecular flexibility index (Phi) is 4.10. The number of aryl methyl sites for hydroxylation is 1. The van der Waals surface area contributed by atoms with E-state index in [1.165, 1.54) is 6.08 Å². The summed E-state index contributed by atoms with van der Waals surface area (Å²) in [6.45, 7) is 3.09. The van der Waals surface area contributed by atoms with Gasteiger partial charge in [0.25, 0.3) is 0 Å². The van der Waals surface area contributed by atoms with Crippen LogP contribution >= 0.6 is 0 Å². The molecule has 0 amide bonds. The maximum Gasteiger partial charge on any atom is 0.187 e. The van der Waals surface area contributed by atoms with Crippen molar-refractivity contribution in [1.29, 1.82) is 0 Å². The molecular weight excluding hydrogens is 278 g/mol. The molecule has 0 spiro atoms. The minimum atomic E-state index is -0.0336. The number of carbonyl (C=O) groups excluding carboxylic acids is 1. The molecule has 3 rings (SSSR count). The van der Waals surface area contributed by atoms with Crippen molar-refractivity contribution in [2.24, 2.45) is 0 Å². The van der Waals surface area contributed by atoms with Gasteiger partial charge in [-0.15, -0.1) is 0 Å². The largest absolute Gasteiger partial charge is 0.486 e. The van der Waals surface area contributed by atoms with Gasteiger partial charge in [-0.3, -0.25) is 4.79 Å². The Labute approximate surface area is 129 Å². The number of benzene rings is 2. The molecule has 0 radical (unpaired) electrons. The van der Waals surface area contributed by atoms with Gasteiger partial charge in [0, 0.05) is 29.6 Å². The van der Waals surface area contributed by atoms with Crippen molar-refractivity contribution in [3.63, 3.8) is 0 Å². The Morgan fingerprint density at radius 1 is 1.09 bits per heavy atom. The van der Waals surface area contributed by atoms with Gasteiger partial charge in [-0.25, -0.2) is 0 Å². The Morgan fingerprint density at radius 2 is 1.91 bits per heavy atom. The van der Waals surface area contributed by atoms with Crippen LogP contribution in [0.1, 0.15) is 15.9 Å². The lowest BCUT2D eigenvalue weighted by Gasteiger charge is -2.18. The molecule has 2 aromatic rings. The number of allylic oxidation sites excluding steroid dienone is 1. The summed E-state index contributed by atoms with van der Waals surface area (Å²) < 4.78 is 11.0. The van der Waals surface area contributed by atoms with Gasteiger partial charge in [0.1, 0.15) is 13.2 Å². The number of ether oxygens (including phenoxy) is 2. The van der Waals surface area contributed by atoms with E-state index in [1.807, 2.05) is 49.4 Å². The third-order valence-electron chi connectivity index (χ3n) is 3.33. The summed E-state index contributed by atoms with van der Waals surface area (Å²) in [7, 11) is 0. The summed E-state index contributed by atoms with van der Waals surface area (Å²) >= 11 is 0. The highest BCUT2D eigenvalue weighted by atomic mass is 16.6. The van der Waals surface area contributed by atoms with Crippen molar-refractivity contribution in [3.8, 4) is 11.5 Å². The molecule has 0 fully saturated rings. The third-order valence-corrected chi connectivity index (χ3v) is 3.33. The predicted molar refractivity (Wildman–Crippen MR) is 85.7 cm³/mol. The molecule has 0 saturated carbocycles. The normalized spacial score (nSPS) is 13.1. The predicted octanol–water partition coefficient (Wildman–Crippen LogP) is 3.57. The smallest absolute Gasteiger partial charge is 0.187 e. The lowest BCUT2D eigenvalue weighted by molar-refractivity contribution is 0.104. The van der Waals surface area contributed by atoms with Crippen LogP contribution in [0.4, 0.5) is 5.69 Å². The fourth-order valence-electron chi connectivity index (χ4n) is 2.24. The molecule has 2 aromatic carbocycles. The fourth-order valence-corrected chi connectivity index (χ4v) is 2.24. The second-order valence-corrected chi connectivity index (χ2v) is 5.07. The molecule has 0 aliphatic carbocycles. The second-order valence-electron chi connectivity index (χ2n) is 5.07. The Morgan fingerprint density at radius 3 is 2.73 bits per heavy atom. The number of anilines is 1. The summed E-state index contributed by atoms with van der Waals surface area (Å²) in [4.78, 5) is 12.0. The number of rotatable bonds is 4. The molecule has 4 nitrogen and oxygen atoms in total. The standard InChI is InChI=1S/C18H17NO3/c1-13-3-2-4-14(11-13)16(20)7-8-19-15-5-6-17-18(12-15)22-10-9-21-17/h2-8,11-12,19H,9-10H2,1H3/b8-7+. The average Bonchev–Trinajstić information content (AvgIpc) is 2.54. The van der Waals surface area contributed by atoms with E-state index in [4.69, 9.17) is 9.47 Å². The summed E-state index contributed by atoms with van der Waals surface area (Å²) in [5, 5.41) is 3.07. The zero-order valence-electron chi connectivity index (χ0n) is 12.3. The number of carbonyl (C=O) groups is 1. The zero-order chi connectivity index (χ0) is 15.4. The number of hydrogen-bond acceptors (Lipinski definition) is 4. The van der Waals surface area contributed by atoms with E-state index in [2.05, 4.69) is 5.32 Å². The van der Waals surface area contributed by atoms with Crippen LogP contribution in [-0.2, 0) is 0 Å². The number of hydrogen-bond donors (Lipinski definition) is 1. The second kappa shape index (κ2) is 6.35. The van der Waals surface area contributed by atoms with Crippen LogP contribution in [0.2, 0.25) is 0 Å². The maximum absolute atomic E-state index is 12.0. The van der Waals surface area contributed by atoms with Crippen LogP contribution in [0.25, 0.3) is 0 Å². The van der Waals surface area contributed by atoms with E-state index in [1.54, 1.807) is 6.20 Å². The minimum Gasteiger partial charge on any atom is -0.486 e. The molecule has 4 heteroatoms.